The molecule has 0 fully saturated rings. The highest BCUT2D eigenvalue weighted by Gasteiger charge is 2.26. The van der Waals surface area contributed by atoms with Crippen LogP contribution in [-0.4, -0.2) is 36.6 Å². The summed E-state index contributed by atoms with van der Waals surface area (Å²) in [4.78, 5) is 18.3. The molecule has 164 valence electrons. The molecule has 1 atom stereocenters. The molecule has 1 unspecified atom stereocenters. The minimum Gasteiger partial charge on any atom is -0.497 e. The summed E-state index contributed by atoms with van der Waals surface area (Å²) < 4.78 is 11.1. The van der Waals surface area contributed by atoms with Crippen molar-refractivity contribution in [2.45, 2.75) is 19.4 Å². The van der Waals surface area contributed by atoms with Gasteiger partial charge in [-0.1, -0.05) is 49.4 Å². The van der Waals surface area contributed by atoms with E-state index in [1.165, 1.54) is 5.56 Å². The SMILES string of the molecule is CCc1ccc(OCC(=O)N(C)C(c2ccc(OC)cc2)c2c[nH]c3ccccc23)cc1. The lowest BCUT2D eigenvalue weighted by Gasteiger charge is -2.29. The summed E-state index contributed by atoms with van der Waals surface area (Å²) in [6, 6.07) is 23.5. The van der Waals surface area contributed by atoms with Gasteiger partial charge in [-0.2, -0.15) is 0 Å². The highest BCUT2D eigenvalue weighted by atomic mass is 16.5. The topological polar surface area (TPSA) is 54.6 Å². The Morgan fingerprint density at radius 3 is 2.34 bits per heavy atom. The van der Waals surface area contributed by atoms with Gasteiger partial charge in [0.1, 0.15) is 11.5 Å². The number of nitrogens with zero attached hydrogens (tertiary/aromatic N) is 1. The first kappa shape index (κ1) is 21.5. The van der Waals surface area contributed by atoms with Crippen molar-refractivity contribution in [2.24, 2.45) is 0 Å². The lowest BCUT2D eigenvalue weighted by Crippen LogP contribution is -2.35. The first-order valence-corrected chi connectivity index (χ1v) is 10.8. The number of aryl methyl sites for hydroxylation is 1. The number of benzene rings is 3. The van der Waals surface area contributed by atoms with Crippen molar-refractivity contribution in [3.8, 4) is 11.5 Å². The van der Waals surface area contributed by atoms with Crippen LogP contribution in [0.2, 0.25) is 0 Å². The van der Waals surface area contributed by atoms with Crippen LogP contribution >= 0.6 is 0 Å². The van der Waals surface area contributed by atoms with E-state index in [1.54, 1.807) is 12.0 Å². The Balaban J connectivity index is 1.61. The van der Waals surface area contributed by atoms with E-state index >= 15 is 0 Å². The maximum absolute atomic E-state index is 13.2. The number of amides is 1. The second-order valence-electron chi connectivity index (χ2n) is 7.76. The number of rotatable bonds is 8. The molecular formula is C27H28N2O3. The molecule has 3 aromatic carbocycles. The molecule has 5 heteroatoms. The molecule has 0 saturated carbocycles. The van der Waals surface area contributed by atoms with Crippen LogP contribution in [0.25, 0.3) is 10.9 Å². The fourth-order valence-electron chi connectivity index (χ4n) is 3.93. The van der Waals surface area contributed by atoms with Crippen molar-refractivity contribution in [1.29, 1.82) is 0 Å². The third kappa shape index (κ3) is 4.47. The number of aromatic amines is 1. The van der Waals surface area contributed by atoms with E-state index in [-0.39, 0.29) is 18.6 Å². The highest BCUT2D eigenvalue weighted by Crippen LogP contribution is 2.34. The van der Waals surface area contributed by atoms with Gasteiger partial charge >= 0.3 is 0 Å². The number of ether oxygens (including phenoxy) is 2. The monoisotopic (exact) mass is 428 g/mol. The van der Waals surface area contributed by atoms with E-state index in [4.69, 9.17) is 9.47 Å². The number of methoxy groups -OCH3 is 1. The number of fused-ring (bicyclic) bond motifs is 1. The van der Waals surface area contributed by atoms with Crippen molar-refractivity contribution in [3.05, 3.63) is 95.7 Å². The quantitative estimate of drug-likeness (QED) is 0.411. The Morgan fingerprint density at radius 2 is 1.66 bits per heavy atom. The summed E-state index contributed by atoms with van der Waals surface area (Å²) in [6.45, 7) is 2.08. The Bertz CT molecular complexity index is 1180. The molecule has 0 aliphatic carbocycles. The predicted octanol–water partition coefficient (Wildman–Crippen LogP) is 5.37. The molecule has 0 spiro atoms. The van der Waals surface area contributed by atoms with E-state index in [2.05, 4.69) is 18.0 Å². The number of hydrogen-bond donors (Lipinski definition) is 1. The van der Waals surface area contributed by atoms with E-state index in [0.29, 0.717) is 5.75 Å². The Morgan fingerprint density at radius 1 is 0.969 bits per heavy atom. The first-order chi connectivity index (χ1) is 15.6. The molecule has 5 nitrogen and oxygen atoms in total. The maximum Gasteiger partial charge on any atom is 0.261 e. The average Bonchev–Trinajstić information content (AvgIpc) is 3.27. The van der Waals surface area contributed by atoms with Crippen LogP contribution in [0.4, 0.5) is 0 Å². The summed E-state index contributed by atoms with van der Waals surface area (Å²) in [5, 5.41) is 1.09. The van der Waals surface area contributed by atoms with Crippen molar-refractivity contribution < 1.29 is 14.3 Å². The van der Waals surface area contributed by atoms with Crippen molar-refractivity contribution in [1.82, 2.24) is 9.88 Å². The molecule has 0 saturated heterocycles. The Kier molecular flexibility index (Phi) is 6.45. The van der Waals surface area contributed by atoms with Crippen molar-refractivity contribution in [2.75, 3.05) is 20.8 Å². The van der Waals surface area contributed by atoms with Gasteiger partial charge in [-0.25, -0.2) is 0 Å². The normalized spacial score (nSPS) is 11.8. The van der Waals surface area contributed by atoms with Gasteiger partial charge in [0.25, 0.3) is 5.91 Å². The molecule has 0 aliphatic rings. The largest absolute Gasteiger partial charge is 0.497 e. The van der Waals surface area contributed by atoms with Crippen LogP contribution in [0.5, 0.6) is 11.5 Å². The molecular weight excluding hydrogens is 400 g/mol. The molecule has 1 N–H and O–H groups in total. The zero-order valence-corrected chi connectivity index (χ0v) is 18.7. The van der Waals surface area contributed by atoms with Crippen molar-refractivity contribution >= 4 is 16.8 Å². The van der Waals surface area contributed by atoms with Gasteiger partial charge in [0, 0.05) is 29.7 Å². The van der Waals surface area contributed by atoms with Gasteiger partial charge in [0.15, 0.2) is 6.61 Å². The van der Waals surface area contributed by atoms with Gasteiger partial charge in [-0.15, -0.1) is 0 Å². The van der Waals surface area contributed by atoms with Gasteiger partial charge in [0.05, 0.1) is 13.2 Å². The number of carbonyl (C=O) groups excluding carboxylic acids is 1. The summed E-state index contributed by atoms with van der Waals surface area (Å²) >= 11 is 0. The second kappa shape index (κ2) is 9.60. The summed E-state index contributed by atoms with van der Waals surface area (Å²) in [5.74, 6) is 1.37. The van der Waals surface area contributed by atoms with Gasteiger partial charge in [-0.3, -0.25) is 4.79 Å². The average molecular weight is 429 g/mol. The molecule has 32 heavy (non-hydrogen) atoms. The van der Waals surface area contributed by atoms with Crippen LogP contribution < -0.4 is 9.47 Å². The highest BCUT2D eigenvalue weighted by molar-refractivity contribution is 5.85. The minimum absolute atomic E-state index is 0.0308. The lowest BCUT2D eigenvalue weighted by atomic mass is 9.96. The minimum atomic E-state index is -0.268. The fraction of sp³-hybridized carbons (Fsp3) is 0.222. The molecule has 1 amide bonds. The maximum atomic E-state index is 13.2. The molecule has 0 radical (unpaired) electrons. The Labute approximate surface area is 188 Å². The molecule has 1 aromatic heterocycles. The molecule has 1 heterocycles. The van der Waals surface area contributed by atoms with Crippen LogP contribution in [0.1, 0.15) is 29.7 Å². The van der Waals surface area contributed by atoms with Gasteiger partial charge in [-0.05, 0) is 47.9 Å². The standard InChI is InChI=1S/C27H28N2O3/c1-4-19-9-13-22(14-10-19)32-18-26(30)29(2)27(20-11-15-21(31-3)16-12-20)24-17-28-25-8-6-5-7-23(24)25/h5-17,27-28H,4,18H2,1-3H3. The number of H-pyrrole nitrogens is 1. The zero-order chi connectivity index (χ0) is 22.5. The number of likely N-dealkylation sites (N-methyl/N-ethyl adjacent to an activating group) is 1. The van der Waals surface area contributed by atoms with Crippen LogP contribution in [0, 0.1) is 0 Å². The second-order valence-corrected chi connectivity index (χ2v) is 7.76. The lowest BCUT2D eigenvalue weighted by molar-refractivity contribution is -0.133. The van der Waals surface area contributed by atoms with Crippen LogP contribution in [0.3, 0.4) is 0 Å². The number of para-hydroxylation sites is 1. The van der Waals surface area contributed by atoms with E-state index < -0.39 is 0 Å². The third-order valence-electron chi connectivity index (χ3n) is 5.82. The number of aromatic nitrogens is 1. The molecule has 0 aliphatic heterocycles. The first-order valence-electron chi connectivity index (χ1n) is 10.8. The van der Waals surface area contributed by atoms with Gasteiger partial charge in [0.2, 0.25) is 0 Å². The van der Waals surface area contributed by atoms with Crippen LogP contribution in [0.15, 0.2) is 79.0 Å². The number of hydrogen-bond acceptors (Lipinski definition) is 3. The smallest absolute Gasteiger partial charge is 0.261 e. The molecule has 4 aromatic rings. The zero-order valence-electron chi connectivity index (χ0n) is 18.7. The predicted molar refractivity (Wildman–Crippen MR) is 127 cm³/mol. The summed E-state index contributed by atoms with van der Waals surface area (Å²) in [5.41, 5.74) is 4.31. The van der Waals surface area contributed by atoms with Gasteiger partial charge < -0.3 is 19.4 Å². The Hall–Kier alpha value is -3.73. The number of carbonyl (C=O) groups is 1. The van der Waals surface area contributed by atoms with E-state index in [9.17, 15) is 4.79 Å². The fourth-order valence-corrected chi connectivity index (χ4v) is 3.93. The number of nitrogens with one attached hydrogen (secondary N) is 1. The van der Waals surface area contributed by atoms with Crippen LogP contribution in [-0.2, 0) is 11.2 Å². The third-order valence-corrected chi connectivity index (χ3v) is 5.82. The van der Waals surface area contributed by atoms with E-state index in [0.717, 1.165) is 34.2 Å². The van der Waals surface area contributed by atoms with Crippen molar-refractivity contribution in [3.63, 3.8) is 0 Å². The van der Waals surface area contributed by atoms with E-state index in [1.807, 2.05) is 80.0 Å². The molecule has 0 bridgehead atoms. The molecule has 4 rings (SSSR count). The summed E-state index contributed by atoms with van der Waals surface area (Å²) in [6.07, 6.45) is 2.95. The summed E-state index contributed by atoms with van der Waals surface area (Å²) in [7, 11) is 3.47.